The molecule has 0 bridgehead atoms. The van der Waals surface area contributed by atoms with Gasteiger partial charge in [-0.15, -0.1) is 0 Å². The first-order valence-corrected chi connectivity index (χ1v) is 4.88. The average Bonchev–Trinajstić information content (AvgIpc) is 2.18. The van der Waals surface area contributed by atoms with Crippen molar-refractivity contribution in [3.05, 3.63) is 29.8 Å². The van der Waals surface area contributed by atoms with Crippen molar-refractivity contribution in [3.8, 4) is 0 Å². The van der Waals surface area contributed by atoms with Crippen molar-refractivity contribution in [1.29, 1.82) is 0 Å². The van der Waals surface area contributed by atoms with Crippen molar-refractivity contribution in [2.75, 3.05) is 12.8 Å². The van der Waals surface area contributed by atoms with E-state index >= 15 is 0 Å². The Labute approximate surface area is 89.1 Å². The smallest absolute Gasteiger partial charge is 0.320 e. The van der Waals surface area contributed by atoms with Gasteiger partial charge in [0.05, 0.1) is 0 Å². The second-order valence-electron chi connectivity index (χ2n) is 3.46. The lowest BCUT2D eigenvalue weighted by atomic mass is 10.0. The number of nitrogen functional groups attached to an aromatic ring is 1. The number of carboxylic acid groups (broad SMARTS) is 1. The minimum Gasteiger partial charge on any atom is -0.480 e. The zero-order chi connectivity index (χ0) is 11.3. The highest BCUT2D eigenvalue weighted by Gasteiger charge is 2.13. The van der Waals surface area contributed by atoms with Gasteiger partial charge in [0, 0.05) is 5.69 Å². The molecule has 0 fully saturated rings. The number of aliphatic carboxylic acids is 1. The van der Waals surface area contributed by atoms with E-state index in [4.69, 9.17) is 10.8 Å². The van der Waals surface area contributed by atoms with Gasteiger partial charge in [-0.2, -0.15) is 0 Å². The maximum Gasteiger partial charge on any atom is 0.320 e. The van der Waals surface area contributed by atoms with Crippen molar-refractivity contribution in [3.63, 3.8) is 0 Å². The molecule has 0 spiro atoms. The Balaban J connectivity index is 2.52. The fourth-order valence-electron chi connectivity index (χ4n) is 1.45. The number of carboxylic acids is 1. The van der Waals surface area contributed by atoms with Crippen molar-refractivity contribution >= 4 is 11.7 Å². The minimum absolute atomic E-state index is 0.494. The zero-order valence-corrected chi connectivity index (χ0v) is 8.73. The first-order valence-electron chi connectivity index (χ1n) is 4.88. The van der Waals surface area contributed by atoms with Gasteiger partial charge in [0.2, 0.25) is 0 Å². The summed E-state index contributed by atoms with van der Waals surface area (Å²) in [6.07, 6.45) is 1.28. The van der Waals surface area contributed by atoms with Gasteiger partial charge in [-0.25, -0.2) is 0 Å². The lowest BCUT2D eigenvalue weighted by Crippen LogP contribution is -2.34. The summed E-state index contributed by atoms with van der Waals surface area (Å²) in [5.41, 5.74) is 7.40. The highest BCUT2D eigenvalue weighted by Crippen LogP contribution is 2.09. The number of rotatable bonds is 5. The Morgan fingerprint density at radius 2 is 2.33 bits per heavy atom. The van der Waals surface area contributed by atoms with Crippen molar-refractivity contribution < 1.29 is 9.90 Å². The predicted octanol–water partition coefficient (Wildman–Crippen LogP) is 0.874. The molecular formula is C11H16N2O2. The van der Waals surface area contributed by atoms with E-state index in [9.17, 15) is 4.79 Å². The van der Waals surface area contributed by atoms with Crippen LogP contribution >= 0.6 is 0 Å². The number of hydrogen-bond donors (Lipinski definition) is 3. The molecule has 0 radical (unpaired) electrons. The van der Waals surface area contributed by atoms with Crippen molar-refractivity contribution in [1.82, 2.24) is 5.32 Å². The number of aryl methyl sites for hydroxylation is 1. The summed E-state index contributed by atoms with van der Waals surface area (Å²) in [5.74, 6) is -0.818. The van der Waals surface area contributed by atoms with E-state index in [1.165, 1.54) is 0 Å². The van der Waals surface area contributed by atoms with Crippen molar-refractivity contribution in [2.24, 2.45) is 0 Å². The Hall–Kier alpha value is -1.55. The summed E-state index contributed by atoms with van der Waals surface area (Å²) in [6.45, 7) is 0. The summed E-state index contributed by atoms with van der Waals surface area (Å²) < 4.78 is 0. The molecule has 4 heteroatoms. The summed E-state index contributed by atoms with van der Waals surface area (Å²) >= 11 is 0. The second-order valence-corrected chi connectivity index (χ2v) is 3.46. The molecule has 0 aliphatic carbocycles. The maximum atomic E-state index is 10.7. The van der Waals surface area contributed by atoms with Gasteiger partial charge in [0.15, 0.2) is 0 Å². The van der Waals surface area contributed by atoms with Gasteiger partial charge in [-0.3, -0.25) is 4.79 Å². The Morgan fingerprint density at radius 1 is 1.60 bits per heavy atom. The monoisotopic (exact) mass is 208 g/mol. The zero-order valence-electron chi connectivity index (χ0n) is 8.73. The van der Waals surface area contributed by atoms with Crippen molar-refractivity contribution in [2.45, 2.75) is 18.9 Å². The summed E-state index contributed by atoms with van der Waals surface area (Å²) in [7, 11) is 1.65. The fraction of sp³-hybridized carbons (Fsp3) is 0.364. The third-order valence-electron chi connectivity index (χ3n) is 2.32. The first kappa shape index (κ1) is 11.5. The van der Waals surface area contributed by atoms with E-state index < -0.39 is 12.0 Å². The predicted molar refractivity (Wildman–Crippen MR) is 59.7 cm³/mol. The first-order chi connectivity index (χ1) is 7.13. The number of benzene rings is 1. The van der Waals surface area contributed by atoms with E-state index in [1.807, 2.05) is 24.3 Å². The van der Waals surface area contributed by atoms with E-state index in [0.717, 1.165) is 5.56 Å². The average molecular weight is 208 g/mol. The third-order valence-corrected chi connectivity index (χ3v) is 2.32. The van der Waals surface area contributed by atoms with Crippen LogP contribution in [0, 0.1) is 0 Å². The van der Waals surface area contributed by atoms with Gasteiger partial charge in [-0.1, -0.05) is 12.1 Å². The van der Waals surface area contributed by atoms with Crippen LogP contribution in [0.25, 0.3) is 0 Å². The number of nitrogens with one attached hydrogen (secondary N) is 1. The molecule has 15 heavy (non-hydrogen) atoms. The van der Waals surface area contributed by atoms with Gasteiger partial charge in [-0.05, 0) is 37.6 Å². The molecule has 0 unspecified atom stereocenters. The second kappa shape index (κ2) is 5.36. The van der Waals surface area contributed by atoms with Crippen LogP contribution < -0.4 is 11.1 Å². The quantitative estimate of drug-likeness (QED) is 0.628. The standard InChI is InChI=1S/C11H16N2O2/c1-13-10(11(14)15)6-5-8-3-2-4-9(12)7-8/h2-4,7,10,13H,5-6,12H2,1H3,(H,14,15)/t10-/m0/s1. The highest BCUT2D eigenvalue weighted by atomic mass is 16.4. The van der Waals surface area contributed by atoms with E-state index in [-0.39, 0.29) is 0 Å². The topological polar surface area (TPSA) is 75.3 Å². The van der Waals surface area contributed by atoms with Crippen LogP contribution in [0.5, 0.6) is 0 Å². The highest BCUT2D eigenvalue weighted by molar-refractivity contribution is 5.73. The minimum atomic E-state index is -0.818. The fourth-order valence-corrected chi connectivity index (χ4v) is 1.45. The molecule has 0 heterocycles. The SMILES string of the molecule is CN[C@@H](CCc1cccc(N)c1)C(=O)O. The Morgan fingerprint density at radius 3 is 2.87 bits per heavy atom. The Kier molecular flexibility index (Phi) is 4.12. The number of likely N-dealkylation sites (N-methyl/N-ethyl adjacent to an activating group) is 1. The van der Waals surface area contributed by atoms with Crippen LogP contribution in [-0.4, -0.2) is 24.2 Å². The van der Waals surface area contributed by atoms with Crippen LogP contribution in [0.1, 0.15) is 12.0 Å². The lowest BCUT2D eigenvalue weighted by Gasteiger charge is -2.10. The molecule has 1 rings (SSSR count). The molecule has 1 aromatic rings. The van der Waals surface area contributed by atoms with Gasteiger partial charge in [0.25, 0.3) is 0 Å². The molecule has 0 aliphatic rings. The molecule has 4 N–H and O–H groups in total. The molecule has 0 amide bonds. The van der Waals surface area contributed by atoms with Crippen LogP contribution in [0.4, 0.5) is 5.69 Å². The van der Waals surface area contributed by atoms with Crippen LogP contribution in [0.3, 0.4) is 0 Å². The molecule has 82 valence electrons. The largest absolute Gasteiger partial charge is 0.480 e. The molecule has 1 aromatic carbocycles. The molecule has 0 aliphatic heterocycles. The van der Waals surface area contributed by atoms with Crippen LogP contribution in [0.2, 0.25) is 0 Å². The van der Waals surface area contributed by atoms with Gasteiger partial charge in [0.1, 0.15) is 6.04 Å². The van der Waals surface area contributed by atoms with Gasteiger partial charge >= 0.3 is 5.97 Å². The summed E-state index contributed by atoms with van der Waals surface area (Å²) in [4.78, 5) is 10.7. The molecule has 0 saturated carbocycles. The van der Waals surface area contributed by atoms with E-state index in [1.54, 1.807) is 7.05 Å². The normalized spacial score (nSPS) is 12.3. The van der Waals surface area contributed by atoms with Gasteiger partial charge < -0.3 is 16.2 Å². The van der Waals surface area contributed by atoms with Crippen LogP contribution in [-0.2, 0) is 11.2 Å². The molecular weight excluding hydrogens is 192 g/mol. The third kappa shape index (κ3) is 3.59. The number of hydrogen-bond acceptors (Lipinski definition) is 3. The maximum absolute atomic E-state index is 10.7. The van der Waals surface area contributed by atoms with Crippen LogP contribution in [0.15, 0.2) is 24.3 Å². The Bertz CT molecular complexity index is 339. The van der Waals surface area contributed by atoms with E-state index in [2.05, 4.69) is 5.32 Å². The molecule has 1 atom stereocenters. The molecule has 4 nitrogen and oxygen atoms in total. The summed E-state index contributed by atoms with van der Waals surface area (Å²) in [5, 5.41) is 11.6. The number of carbonyl (C=O) groups is 1. The summed E-state index contributed by atoms with van der Waals surface area (Å²) in [6, 6.07) is 7.02. The lowest BCUT2D eigenvalue weighted by molar-refractivity contribution is -0.139. The molecule has 0 aromatic heterocycles. The number of anilines is 1. The van der Waals surface area contributed by atoms with E-state index in [0.29, 0.717) is 18.5 Å². The molecule has 0 saturated heterocycles. The number of nitrogens with two attached hydrogens (primary N) is 1.